The first kappa shape index (κ1) is 19.8. The minimum atomic E-state index is -0.239. The number of anilines is 1. The van der Waals surface area contributed by atoms with Crippen LogP contribution in [0.2, 0.25) is 5.02 Å². The van der Waals surface area contributed by atoms with E-state index in [-0.39, 0.29) is 5.92 Å². The summed E-state index contributed by atoms with van der Waals surface area (Å²) in [6.45, 7) is 5.68. The maximum absolute atomic E-state index is 11.1. The van der Waals surface area contributed by atoms with Crippen LogP contribution in [-0.2, 0) is 4.79 Å². The number of para-hydroxylation sites is 1. The minimum absolute atomic E-state index is 0.239. The van der Waals surface area contributed by atoms with Crippen LogP contribution in [0, 0.1) is 0 Å². The summed E-state index contributed by atoms with van der Waals surface area (Å²) < 4.78 is 11.4. The van der Waals surface area contributed by atoms with E-state index in [4.69, 9.17) is 21.1 Å². The van der Waals surface area contributed by atoms with Gasteiger partial charge in [-0.1, -0.05) is 29.8 Å². The third kappa shape index (κ3) is 4.74. The van der Waals surface area contributed by atoms with Crippen molar-refractivity contribution in [1.29, 1.82) is 0 Å². The number of halogens is 1. The molecule has 152 valence electrons. The number of carbonyl (C=O) groups excluding carboxylic acids is 1. The molecule has 1 unspecified atom stereocenters. The highest BCUT2D eigenvalue weighted by molar-refractivity contribution is 6.33. The summed E-state index contributed by atoms with van der Waals surface area (Å²) in [5.41, 5.74) is 2.00. The van der Waals surface area contributed by atoms with Crippen LogP contribution in [0.1, 0.15) is 17.9 Å². The zero-order valence-corrected chi connectivity index (χ0v) is 17.1. The van der Waals surface area contributed by atoms with Crippen LogP contribution in [0.3, 0.4) is 0 Å². The number of rotatable bonds is 7. The lowest BCUT2D eigenvalue weighted by Gasteiger charge is -2.36. The summed E-state index contributed by atoms with van der Waals surface area (Å²) in [7, 11) is 0. The van der Waals surface area contributed by atoms with Gasteiger partial charge in [0.05, 0.1) is 29.5 Å². The molecule has 2 heterocycles. The molecule has 2 aliphatic rings. The average Bonchev–Trinajstić information content (AvgIpc) is 2.77. The molecular weight excluding hydrogens is 388 g/mol. The Morgan fingerprint density at radius 1 is 1.14 bits per heavy atom. The van der Waals surface area contributed by atoms with Gasteiger partial charge < -0.3 is 19.2 Å². The predicted molar refractivity (Wildman–Crippen MR) is 115 cm³/mol. The van der Waals surface area contributed by atoms with Gasteiger partial charge in [0, 0.05) is 44.4 Å². The van der Waals surface area contributed by atoms with Gasteiger partial charge in [-0.2, -0.15) is 0 Å². The smallest absolute Gasteiger partial charge is 0.134 e. The molecule has 6 heteroatoms. The molecule has 0 radical (unpaired) electrons. The fourth-order valence-electron chi connectivity index (χ4n) is 3.80. The maximum Gasteiger partial charge on any atom is 0.134 e. The lowest BCUT2D eigenvalue weighted by atomic mass is 9.98. The van der Waals surface area contributed by atoms with Gasteiger partial charge in [-0.15, -0.1) is 0 Å². The fraction of sp³-hybridized carbons (Fsp3) is 0.348. The van der Waals surface area contributed by atoms with Crippen LogP contribution in [0.5, 0.6) is 11.5 Å². The highest BCUT2D eigenvalue weighted by atomic mass is 35.5. The standard InChI is InChI=1S/C23H25ClN2O3/c24-21-4-1-2-5-22(21)26-12-10-25(11-13-26)9-3-14-28-19-6-7-20-18(17-27)8-15-29-23(20)16-19/h1-2,4-8,15-18H,3,9-14H2. The van der Waals surface area contributed by atoms with Crippen molar-refractivity contribution in [3.63, 3.8) is 0 Å². The van der Waals surface area contributed by atoms with Crippen molar-refractivity contribution in [2.75, 3.05) is 44.2 Å². The topological polar surface area (TPSA) is 42.0 Å². The Morgan fingerprint density at radius 3 is 2.76 bits per heavy atom. The molecule has 2 aliphatic heterocycles. The van der Waals surface area contributed by atoms with Crippen LogP contribution in [-0.4, -0.2) is 50.5 Å². The lowest BCUT2D eigenvalue weighted by Crippen LogP contribution is -2.46. The number of aldehydes is 1. The summed E-state index contributed by atoms with van der Waals surface area (Å²) >= 11 is 6.31. The van der Waals surface area contributed by atoms with Crippen LogP contribution >= 0.6 is 11.6 Å². The van der Waals surface area contributed by atoms with Gasteiger partial charge in [-0.05, 0) is 30.7 Å². The zero-order valence-electron chi connectivity index (χ0n) is 16.3. The van der Waals surface area contributed by atoms with Gasteiger partial charge in [0.1, 0.15) is 17.8 Å². The molecule has 0 bridgehead atoms. The zero-order chi connectivity index (χ0) is 20.1. The van der Waals surface area contributed by atoms with Crippen LogP contribution in [0.25, 0.3) is 0 Å². The molecule has 29 heavy (non-hydrogen) atoms. The number of hydrogen-bond acceptors (Lipinski definition) is 5. The number of carbonyl (C=O) groups is 1. The second kappa shape index (κ2) is 9.33. The molecule has 2 aromatic rings. The van der Waals surface area contributed by atoms with Crippen molar-refractivity contribution in [1.82, 2.24) is 4.90 Å². The van der Waals surface area contributed by atoms with Gasteiger partial charge in [0.25, 0.3) is 0 Å². The first-order chi connectivity index (χ1) is 14.2. The quantitative estimate of drug-likeness (QED) is 0.505. The minimum Gasteiger partial charge on any atom is -0.493 e. The summed E-state index contributed by atoms with van der Waals surface area (Å²) in [4.78, 5) is 15.9. The number of hydrogen-bond donors (Lipinski definition) is 0. The van der Waals surface area contributed by atoms with E-state index in [9.17, 15) is 4.79 Å². The molecule has 1 atom stereocenters. The van der Waals surface area contributed by atoms with Crippen molar-refractivity contribution < 1.29 is 14.3 Å². The SMILES string of the molecule is O=CC1C=COc2cc(OCCCN3CCN(c4ccccc4Cl)CC3)ccc21. The summed E-state index contributed by atoms with van der Waals surface area (Å²) in [5.74, 6) is 1.22. The summed E-state index contributed by atoms with van der Waals surface area (Å²) in [6.07, 6.45) is 5.19. The Balaban J connectivity index is 1.20. The van der Waals surface area contributed by atoms with Gasteiger partial charge in [0.15, 0.2) is 0 Å². The van der Waals surface area contributed by atoms with E-state index < -0.39 is 0 Å². The molecule has 0 N–H and O–H groups in total. The summed E-state index contributed by atoms with van der Waals surface area (Å²) in [6, 6.07) is 13.7. The predicted octanol–water partition coefficient (Wildman–Crippen LogP) is 4.12. The van der Waals surface area contributed by atoms with E-state index in [0.717, 1.165) is 67.5 Å². The fourth-order valence-corrected chi connectivity index (χ4v) is 4.06. The average molecular weight is 413 g/mol. The second-order valence-electron chi connectivity index (χ2n) is 7.29. The molecule has 2 aromatic carbocycles. The Labute approximate surface area is 176 Å². The van der Waals surface area contributed by atoms with Crippen LogP contribution in [0.4, 0.5) is 5.69 Å². The van der Waals surface area contributed by atoms with Crippen molar-refractivity contribution in [3.8, 4) is 11.5 Å². The molecule has 0 spiro atoms. The Kier molecular flexibility index (Phi) is 6.37. The molecule has 0 saturated carbocycles. The normalized spacial score (nSPS) is 18.8. The maximum atomic E-state index is 11.1. The van der Waals surface area contributed by atoms with E-state index in [1.807, 2.05) is 36.4 Å². The third-order valence-electron chi connectivity index (χ3n) is 5.42. The second-order valence-corrected chi connectivity index (χ2v) is 7.70. The van der Waals surface area contributed by atoms with Crippen molar-refractivity contribution in [3.05, 3.63) is 65.4 Å². The lowest BCUT2D eigenvalue weighted by molar-refractivity contribution is -0.108. The van der Waals surface area contributed by atoms with Gasteiger partial charge in [-0.25, -0.2) is 0 Å². The van der Waals surface area contributed by atoms with Gasteiger partial charge in [-0.3, -0.25) is 4.90 Å². The number of nitrogens with zero attached hydrogens (tertiary/aromatic N) is 2. The number of piperazine rings is 1. The first-order valence-corrected chi connectivity index (χ1v) is 10.4. The Bertz CT molecular complexity index is 878. The molecule has 0 aromatic heterocycles. The van der Waals surface area contributed by atoms with Gasteiger partial charge >= 0.3 is 0 Å². The molecule has 1 fully saturated rings. The number of fused-ring (bicyclic) bond motifs is 1. The van der Waals surface area contributed by atoms with Crippen molar-refractivity contribution >= 4 is 23.6 Å². The van der Waals surface area contributed by atoms with E-state index in [1.165, 1.54) is 0 Å². The number of ether oxygens (including phenoxy) is 2. The molecule has 0 amide bonds. The highest BCUT2D eigenvalue weighted by Gasteiger charge is 2.19. The largest absolute Gasteiger partial charge is 0.493 e. The number of allylic oxidation sites excluding steroid dienone is 1. The molecule has 1 saturated heterocycles. The Hall–Kier alpha value is -2.50. The van der Waals surface area contributed by atoms with E-state index >= 15 is 0 Å². The molecule has 4 rings (SSSR count). The monoisotopic (exact) mass is 412 g/mol. The van der Waals surface area contributed by atoms with E-state index in [2.05, 4.69) is 15.9 Å². The first-order valence-electron chi connectivity index (χ1n) is 10.0. The van der Waals surface area contributed by atoms with Crippen molar-refractivity contribution in [2.45, 2.75) is 12.3 Å². The Morgan fingerprint density at radius 2 is 1.97 bits per heavy atom. The highest BCUT2D eigenvalue weighted by Crippen LogP contribution is 2.33. The third-order valence-corrected chi connectivity index (χ3v) is 5.74. The number of benzene rings is 2. The molecule has 0 aliphatic carbocycles. The van der Waals surface area contributed by atoms with Crippen molar-refractivity contribution in [2.24, 2.45) is 0 Å². The summed E-state index contributed by atoms with van der Waals surface area (Å²) in [5, 5.41) is 0.818. The molecular formula is C23H25ClN2O3. The van der Waals surface area contributed by atoms with E-state index in [1.54, 1.807) is 12.3 Å². The van der Waals surface area contributed by atoms with Crippen LogP contribution in [0.15, 0.2) is 54.8 Å². The molecule has 5 nitrogen and oxygen atoms in total. The van der Waals surface area contributed by atoms with E-state index in [0.29, 0.717) is 12.4 Å². The van der Waals surface area contributed by atoms with Crippen LogP contribution < -0.4 is 14.4 Å². The van der Waals surface area contributed by atoms with Gasteiger partial charge in [0.2, 0.25) is 0 Å².